The predicted molar refractivity (Wildman–Crippen MR) is 103 cm³/mol. The molecule has 1 aliphatic heterocycles. The molecule has 1 aromatic heterocycles. The van der Waals surface area contributed by atoms with Gasteiger partial charge in [-0.25, -0.2) is 17.8 Å². The number of aromatic nitrogens is 1. The minimum atomic E-state index is -3.51. The van der Waals surface area contributed by atoms with Gasteiger partial charge < -0.3 is 5.32 Å². The number of carbonyl (C=O) groups is 1. The van der Waals surface area contributed by atoms with Crippen LogP contribution >= 0.6 is 11.8 Å². The molecule has 1 N–H and O–H groups in total. The van der Waals surface area contributed by atoms with Crippen molar-refractivity contribution in [2.45, 2.75) is 29.2 Å². The number of anilines is 1. The number of benzene rings is 1. The summed E-state index contributed by atoms with van der Waals surface area (Å²) in [6.45, 7) is 1.08. The van der Waals surface area contributed by atoms with Crippen molar-refractivity contribution >= 4 is 33.4 Å². The zero-order valence-corrected chi connectivity index (χ0v) is 16.2. The largest absolute Gasteiger partial charge is 0.325 e. The Labute approximate surface area is 162 Å². The number of piperidine rings is 1. The lowest BCUT2D eigenvalue weighted by Crippen LogP contribution is -2.35. The Morgan fingerprint density at radius 2 is 1.96 bits per heavy atom. The first-order valence-corrected chi connectivity index (χ1v) is 11.0. The lowest BCUT2D eigenvalue weighted by Gasteiger charge is -2.25. The van der Waals surface area contributed by atoms with Crippen molar-refractivity contribution in [2.24, 2.45) is 0 Å². The number of rotatable bonds is 6. The molecular weight excluding hydrogens is 389 g/mol. The molecule has 0 saturated carbocycles. The first kappa shape index (κ1) is 19.8. The highest BCUT2D eigenvalue weighted by molar-refractivity contribution is 7.99. The summed E-state index contributed by atoms with van der Waals surface area (Å²) in [4.78, 5) is 16.3. The van der Waals surface area contributed by atoms with Crippen LogP contribution in [0.1, 0.15) is 19.3 Å². The molecule has 2 heterocycles. The number of thioether (sulfide) groups is 1. The monoisotopic (exact) mass is 409 g/mol. The second-order valence-electron chi connectivity index (χ2n) is 6.14. The number of hydrogen-bond acceptors (Lipinski definition) is 5. The van der Waals surface area contributed by atoms with Gasteiger partial charge in [0.15, 0.2) is 0 Å². The van der Waals surface area contributed by atoms with Crippen LogP contribution in [0.2, 0.25) is 0 Å². The number of pyridine rings is 1. The van der Waals surface area contributed by atoms with Crippen LogP contribution in [0.25, 0.3) is 0 Å². The molecule has 1 amide bonds. The topological polar surface area (TPSA) is 79.4 Å². The summed E-state index contributed by atoms with van der Waals surface area (Å²) < 4.78 is 39.8. The molecule has 0 radical (unpaired) electrons. The van der Waals surface area contributed by atoms with Crippen LogP contribution < -0.4 is 5.32 Å². The Balaban J connectivity index is 1.56. The molecule has 0 aliphatic carbocycles. The number of hydrogen-bond donors (Lipinski definition) is 1. The third-order valence-corrected chi connectivity index (χ3v) is 6.95. The highest BCUT2D eigenvalue weighted by Gasteiger charge is 2.26. The highest BCUT2D eigenvalue weighted by atomic mass is 32.2. The lowest BCUT2D eigenvalue weighted by molar-refractivity contribution is -0.113. The van der Waals surface area contributed by atoms with Gasteiger partial charge in [-0.3, -0.25) is 4.79 Å². The summed E-state index contributed by atoms with van der Waals surface area (Å²) in [5.74, 6) is -0.633. The van der Waals surface area contributed by atoms with Gasteiger partial charge in [0.1, 0.15) is 10.7 Å². The van der Waals surface area contributed by atoms with Crippen molar-refractivity contribution in [2.75, 3.05) is 24.2 Å². The summed E-state index contributed by atoms with van der Waals surface area (Å²) >= 11 is 1.18. The maximum Gasteiger partial charge on any atom is 0.244 e. The summed E-state index contributed by atoms with van der Waals surface area (Å²) in [5.41, 5.74) is 0.386. The zero-order chi connectivity index (χ0) is 19.3. The summed E-state index contributed by atoms with van der Waals surface area (Å²) in [7, 11) is -3.51. The van der Waals surface area contributed by atoms with Gasteiger partial charge in [-0.2, -0.15) is 4.31 Å². The van der Waals surface area contributed by atoms with E-state index in [1.54, 1.807) is 12.1 Å². The van der Waals surface area contributed by atoms with E-state index in [0.717, 1.165) is 19.3 Å². The van der Waals surface area contributed by atoms with Gasteiger partial charge in [0.05, 0.1) is 10.8 Å². The van der Waals surface area contributed by atoms with Crippen molar-refractivity contribution in [3.8, 4) is 0 Å². The van der Waals surface area contributed by atoms with E-state index < -0.39 is 15.8 Å². The standard InChI is InChI=1S/C18H20FN3O3S2/c19-14-5-4-6-15(11-14)21-17(23)13-26-18-8-7-16(12-20-18)27(24,25)22-9-2-1-3-10-22/h4-8,11-12H,1-3,9-10,13H2,(H,21,23). The molecule has 9 heteroatoms. The van der Waals surface area contributed by atoms with Crippen LogP contribution in [-0.2, 0) is 14.8 Å². The Morgan fingerprint density at radius 3 is 2.63 bits per heavy atom. The molecule has 0 unspecified atom stereocenters. The number of sulfonamides is 1. The van der Waals surface area contributed by atoms with E-state index in [0.29, 0.717) is 23.8 Å². The Morgan fingerprint density at radius 1 is 1.19 bits per heavy atom. The third-order valence-electron chi connectivity index (χ3n) is 4.12. The number of nitrogens with zero attached hydrogens (tertiary/aromatic N) is 2. The molecule has 1 saturated heterocycles. The van der Waals surface area contributed by atoms with E-state index in [-0.39, 0.29) is 16.6 Å². The van der Waals surface area contributed by atoms with Gasteiger partial charge in [0, 0.05) is 25.0 Å². The minimum Gasteiger partial charge on any atom is -0.325 e. The molecule has 6 nitrogen and oxygen atoms in total. The van der Waals surface area contributed by atoms with Gasteiger partial charge in [-0.15, -0.1) is 0 Å². The predicted octanol–water partition coefficient (Wildman–Crippen LogP) is 3.13. The van der Waals surface area contributed by atoms with Crippen LogP contribution in [-0.4, -0.2) is 42.5 Å². The number of nitrogens with one attached hydrogen (secondary N) is 1. The molecule has 3 rings (SSSR count). The summed E-state index contributed by atoms with van der Waals surface area (Å²) in [6.07, 6.45) is 4.14. The van der Waals surface area contributed by atoms with Gasteiger partial charge >= 0.3 is 0 Å². The average Bonchev–Trinajstić information content (AvgIpc) is 2.67. The average molecular weight is 410 g/mol. The highest BCUT2D eigenvalue weighted by Crippen LogP contribution is 2.22. The van der Waals surface area contributed by atoms with Crippen LogP contribution in [0.4, 0.5) is 10.1 Å². The molecule has 0 atom stereocenters. The van der Waals surface area contributed by atoms with Gasteiger partial charge in [-0.1, -0.05) is 24.2 Å². The quantitative estimate of drug-likeness (QED) is 0.742. The maximum atomic E-state index is 13.1. The molecule has 0 bridgehead atoms. The first-order chi connectivity index (χ1) is 12.9. The molecule has 1 fully saturated rings. The third kappa shape index (κ3) is 5.27. The minimum absolute atomic E-state index is 0.0851. The smallest absolute Gasteiger partial charge is 0.244 e. The van der Waals surface area contributed by atoms with Crippen molar-refractivity contribution in [1.29, 1.82) is 0 Å². The molecule has 27 heavy (non-hydrogen) atoms. The van der Waals surface area contributed by atoms with Gasteiger partial charge in [-0.05, 0) is 43.2 Å². The van der Waals surface area contributed by atoms with Crippen LogP contribution in [0.5, 0.6) is 0 Å². The summed E-state index contributed by atoms with van der Waals surface area (Å²) in [6, 6.07) is 8.76. The van der Waals surface area contributed by atoms with Crippen molar-refractivity contribution in [3.63, 3.8) is 0 Å². The molecule has 2 aromatic rings. The molecular formula is C18H20FN3O3S2. The van der Waals surface area contributed by atoms with E-state index in [1.165, 1.54) is 46.5 Å². The SMILES string of the molecule is O=C(CSc1ccc(S(=O)(=O)N2CCCCC2)cn1)Nc1cccc(F)c1. The van der Waals surface area contributed by atoms with Crippen LogP contribution in [0.15, 0.2) is 52.5 Å². The van der Waals surface area contributed by atoms with E-state index in [1.807, 2.05) is 0 Å². The Kier molecular flexibility index (Phi) is 6.46. The van der Waals surface area contributed by atoms with Crippen molar-refractivity contribution in [1.82, 2.24) is 9.29 Å². The first-order valence-electron chi connectivity index (χ1n) is 8.59. The van der Waals surface area contributed by atoms with E-state index in [2.05, 4.69) is 10.3 Å². The van der Waals surface area contributed by atoms with Crippen LogP contribution in [0, 0.1) is 5.82 Å². The number of amides is 1. The normalized spacial score (nSPS) is 15.4. The zero-order valence-electron chi connectivity index (χ0n) is 14.6. The Bertz CT molecular complexity index is 898. The second-order valence-corrected chi connectivity index (χ2v) is 9.08. The lowest BCUT2D eigenvalue weighted by atomic mass is 10.2. The van der Waals surface area contributed by atoms with E-state index >= 15 is 0 Å². The van der Waals surface area contributed by atoms with Gasteiger partial charge in [0.2, 0.25) is 15.9 Å². The number of carbonyl (C=O) groups excluding carboxylic acids is 1. The van der Waals surface area contributed by atoms with Crippen LogP contribution in [0.3, 0.4) is 0 Å². The number of halogens is 1. The fraction of sp³-hybridized carbons (Fsp3) is 0.333. The van der Waals surface area contributed by atoms with Crippen molar-refractivity contribution in [3.05, 3.63) is 48.4 Å². The van der Waals surface area contributed by atoms with Crippen molar-refractivity contribution < 1.29 is 17.6 Å². The molecule has 1 aromatic carbocycles. The second kappa shape index (κ2) is 8.81. The molecule has 144 valence electrons. The summed E-state index contributed by atoms with van der Waals surface area (Å²) in [5, 5.41) is 3.15. The molecule has 1 aliphatic rings. The maximum absolute atomic E-state index is 13.1. The van der Waals surface area contributed by atoms with E-state index in [4.69, 9.17) is 0 Å². The van der Waals surface area contributed by atoms with E-state index in [9.17, 15) is 17.6 Å². The Hall–Kier alpha value is -1.97. The fourth-order valence-electron chi connectivity index (χ4n) is 2.76. The van der Waals surface area contributed by atoms with Gasteiger partial charge in [0.25, 0.3) is 0 Å². The molecule has 0 spiro atoms. The fourth-order valence-corrected chi connectivity index (χ4v) is 4.87.